The summed E-state index contributed by atoms with van der Waals surface area (Å²) in [5.41, 5.74) is 5.16. The Morgan fingerprint density at radius 2 is 1.70 bits per heavy atom. The number of benzene rings is 3. The van der Waals surface area contributed by atoms with Crippen molar-refractivity contribution in [1.29, 1.82) is 0 Å². The number of carbonyl (C=O) groups is 2. The van der Waals surface area contributed by atoms with E-state index in [2.05, 4.69) is 10.3 Å². The van der Waals surface area contributed by atoms with Gasteiger partial charge in [0, 0.05) is 17.3 Å². The maximum atomic E-state index is 13.0. The molecule has 0 saturated heterocycles. The number of halogens is 4. The Morgan fingerprint density at radius 3 is 2.39 bits per heavy atom. The van der Waals surface area contributed by atoms with Crippen molar-refractivity contribution in [3.63, 3.8) is 0 Å². The van der Waals surface area contributed by atoms with Gasteiger partial charge in [0.05, 0.1) is 20.8 Å². The molecule has 0 fully saturated rings. The Balaban J connectivity index is 1.44. The highest BCUT2D eigenvalue weighted by Gasteiger charge is 2.33. The van der Waals surface area contributed by atoms with Crippen LogP contribution in [0.1, 0.15) is 15.9 Å². The molecule has 0 aliphatic rings. The highest BCUT2D eigenvalue weighted by atomic mass is 35.5. The number of nitrogens with zero attached hydrogens (tertiary/aromatic N) is 1. The number of alkyl halides is 3. The van der Waals surface area contributed by atoms with Crippen molar-refractivity contribution in [2.24, 2.45) is 0 Å². The zero-order chi connectivity index (χ0) is 23.8. The number of nitrogens with two attached hydrogens (primary N) is 1. The zero-order valence-electron chi connectivity index (χ0n) is 16.4. The second-order valence-electron chi connectivity index (χ2n) is 6.78. The fourth-order valence-electron chi connectivity index (χ4n) is 2.94. The van der Waals surface area contributed by atoms with Crippen LogP contribution in [0.3, 0.4) is 0 Å². The van der Waals surface area contributed by atoms with E-state index in [9.17, 15) is 22.8 Å². The Kier molecular flexibility index (Phi) is 5.96. The number of rotatable bonds is 5. The van der Waals surface area contributed by atoms with Gasteiger partial charge in [-0.05, 0) is 54.6 Å². The molecule has 4 rings (SSSR count). The summed E-state index contributed by atoms with van der Waals surface area (Å²) in [6, 6.07) is 13.8. The third kappa shape index (κ3) is 5.07. The molecule has 1 aromatic heterocycles. The van der Waals surface area contributed by atoms with Crippen molar-refractivity contribution in [2.45, 2.75) is 6.18 Å². The summed E-state index contributed by atoms with van der Waals surface area (Å²) in [6.45, 7) is 0. The van der Waals surface area contributed by atoms with E-state index in [0.717, 1.165) is 16.3 Å². The first-order valence-electron chi connectivity index (χ1n) is 9.26. The average molecular weight is 492 g/mol. The van der Waals surface area contributed by atoms with Crippen molar-refractivity contribution >= 4 is 55.7 Å². The monoisotopic (exact) mass is 491 g/mol. The van der Waals surface area contributed by atoms with Gasteiger partial charge in [-0.1, -0.05) is 22.9 Å². The van der Waals surface area contributed by atoms with Crippen molar-refractivity contribution in [1.82, 2.24) is 4.98 Å². The fraction of sp³-hybridized carbons (Fsp3) is 0.0455. The first-order chi connectivity index (χ1) is 15.6. The van der Waals surface area contributed by atoms with Gasteiger partial charge in [0.2, 0.25) is 0 Å². The Labute approximate surface area is 193 Å². The van der Waals surface area contributed by atoms with Gasteiger partial charge in [-0.25, -0.2) is 4.98 Å². The average Bonchev–Trinajstić information content (AvgIpc) is 3.13. The van der Waals surface area contributed by atoms with E-state index in [-0.39, 0.29) is 11.3 Å². The van der Waals surface area contributed by atoms with Gasteiger partial charge in [-0.15, -0.1) is 0 Å². The van der Waals surface area contributed by atoms with Gasteiger partial charge in [0.15, 0.2) is 5.13 Å². The molecule has 0 aliphatic carbocycles. The van der Waals surface area contributed by atoms with E-state index in [1.54, 1.807) is 18.2 Å². The number of amides is 1. The minimum atomic E-state index is -4.70. The molecule has 0 saturated carbocycles. The molecule has 0 bridgehead atoms. The topological polar surface area (TPSA) is 94.3 Å². The Hall–Kier alpha value is -3.63. The molecule has 168 valence electrons. The van der Waals surface area contributed by atoms with Crippen molar-refractivity contribution in [3.8, 4) is 11.5 Å². The molecular formula is C22H13ClF3N3O3S. The first kappa shape index (κ1) is 22.6. The molecule has 3 aromatic carbocycles. The number of anilines is 2. The number of carbonyl (C=O) groups excluding carboxylic acids is 2. The van der Waals surface area contributed by atoms with Gasteiger partial charge in [0.25, 0.3) is 11.7 Å². The molecule has 0 aliphatic heterocycles. The normalized spacial score (nSPS) is 11.4. The summed E-state index contributed by atoms with van der Waals surface area (Å²) in [4.78, 5) is 28.8. The molecule has 0 radical (unpaired) electrons. The number of nitrogen functional groups attached to an aromatic ring is 1. The molecule has 11 heteroatoms. The lowest BCUT2D eigenvalue weighted by Gasteiger charge is -2.11. The van der Waals surface area contributed by atoms with Crippen LogP contribution >= 0.6 is 22.9 Å². The van der Waals surface area contributed by atoms with Gasteiger partial charge >= 0.3 is 6.18 Å². The number of hydrogen-bond acceptors (Lipinski definition) is 6. The van der Waals surface area contributed by atoms with Crippen LogP contribution in [0.5, 0.6) is 11.5 Å². The molecule has 0 atom stereocenters. The van der Waals surface area contributed by atoms with Crippen LogP contribution in [-0.4, -0.2) is 16.7 Å². The fourth-order valence-corrected chi connectivity index (χ4v) is 3.92. The van der Waals surface area contributed by atoms with Crippen LogP contribution in [0.2, 0.25) is 5.02 Å². The number of fused-ring (bicyclic) bond motifs is 1. The SMILES string of the molecule is Nc1nc2ccc(Oc3ccc(C(=O)C(=O)Nc4ccc(Cl)c(C(F)(F)F)c4)cc3)cc2s1. The molecule has 6 nitrogen and oxygen atoms in total. The lowest BCUT2D eigenvalue weighted by atomic mass is 10.1. The largest absolute Gasteiger partial charge is 0.457 e. The molecule has 3 N–H and O–H groups in total. The van der Waals surface area contributed by atoms with Crippen LogP contribution in [0.15, 0.2) is 60.7 Å². The summed E-state index contributed by atoms with van der Waals surface area (Å²) < 4.78 is 45.5. The van der Waals surface area contributed by atoms with Crippen LogP contribution in [0.4, 0.5) is 24.0 Å². The summed E-state index contributed by atoms with van der Waals surface area (Å²) in [5.74, 6) is -1.07. The van der Waals surface area contributed by atoms with Gasteiger partial charge in [-0.3, -0.25) is 9.59 Å². The highest BCUT2D eigenvalue weighted by molar-refractivity contribution is 7.22. The van der Waals surface area contributed by atoms with Crippen molar-refractivity contribution < 1.29 is 27.5 Å². The first-order valence-corrected chi connectivity index (χ1v) is 10.5. The van der Waals surface area contributed by atoms with Crippen LogP contribution in [0, 0.1) is 0 Å². The van der Waals surface area contributed by atoms with Gasteiger partial charge < -0.3 is 15.8 Å². The summed E-state index contributed by atoms with van der Waals surface area (Å²) in [6.07, 6.45) is -4.70. The van der Waals surface area contributed by atoms with Crippen molar-refractivity contribution in [2.75, 3.05) is 11.1 Å². The standard InChI is InChI=1S/C22H13ClF3N3O3S/c23-16-7-3-12(9-15(16)22(24,25)26)28-20(31)19(30)11-1-4-13(5-2-11)32-14-6-8-17-18(10-14)33-21(27)29-17/h1-10H,(H2,27,29)(H,28,31). The third-order valence-electron chi connectivity index (χ3n) is 4.46. The van der Waals surface area contributed by atoms with E-state index in [0.29, 0.717) is 22.7 Å². The molecule has 0 unspecified atom stereocenters. The van der Waals surface area contributed by atoms with E-state index in [4.69, 9.17) is 22.1 Å². The number of nitrogens with one attached hydrogen (secondary N) is 1. The molecular weight excluding hydrogens is 479 g/mol. The van der Waals surface area contributed by atoms with E-state index >= 15 is 0 Å². The van der Waals surface area contributed by atoms with Crippen LogP contribution in [-0.2, 0) is 11.0 Å². The van der Waals surface area contributed by atoms with E-state index in [1.807, 2.05) is 0 Å². The quantitative estimate of drug-likeness (QED) is 0.257. The minimum Gasteiger partial charge on any atom is -0.457 e. The Bertz CT molecular complexity index is 1370. The maximum Gasteiger partial charge on any atom is 0.417 e. The predicted octanol–water partition coefficient (Wildman–Crippen LogP) is 6.16. The molecule has 33 heavy (non-hydrogen) atoms. The molecule has 0 spiro atoms. The second kappa shape index (κ2) is 8.72. The smallest absolute Gasteiger partial charge is 0.417 e. The summed E-state index contributed by atoms with van der Waals surface area (Å²) >= 11 is 6.88. The predicted molar refractivity (Wildman–Crippen MR) is 120 cm³/mol. The number of Topliss-reactive ketones (excluding diaryl/α,β-unsaturated/α-hetero) is 1. The van der Waals surface area contributed by atoms with Crippen molar-refractivity contribution in [3.05, 3.63) is 76.8 Å². The van der Waals surface area contributed by atoms with E-state index in [1.165, 1.54) is 41.7 Å². The number of ketones is 1. The van der Waals surface area contributed by atoms with Crippen LogP contribution < -0.4 is 15.8 Å². The van der Waals surface area contributed by atoms with Crippen LogP contribution in [0.25, 0.3) is 10.2 Å². The lowest BCUT2D eigenvalue weighted by molar-refractivity contribution is -0.137. The molecule has 4 aromatic rings. The maximum absolute atomic E-state index is 13.0. The summed E-state index contributed by atoms with van der Waals surface area (Å²) in [5, 5.41) is 2.09. The lowest BCUT2D eigenvalue weighted by Crippen LogP contribution is -2.23. The number of ether oxygens (including phenoxy) is 1. The minimum absolute atomic E-state index is 0.0375. The zero-order valence-corrected chi connectivity index (χ0v) is 18.0. The highest BCUT2D eigenvalue weighted by Crippen LogP contribution is 2.36. The molecule has 1 heterocycles. The van der Waals surface area contributed by atoms with Gasteiger partial charge in [-0.2, -0.15) is 13.2 Å². The summed E-state index contributed by atoms with van der Waals surface area (Å²) in [7, 11) is 0. The molecule has 1 amide bonds. The second-order valence-corrected chi connectivity index (χ2v) is 8.25. The van der Waals surface area contributed by atoms with E-state index < -0.39 is 28.5 Å². The number of aromatic nitrogens is 1. The van der Waals surface area contributed by atoms with Gasteiger partial charge in [0.1, 0.15) is 11.5 Å². The number of thiazole rings is 1. The Morgan fingerprint density at radius 1 is 1.00 bits per heavy atom. The number of hydrogen-bond donors (Lipinski definition) is 2. The third-order valence-corrected chi connectivity index (χ3v) is 5.64.